The van der Waals surface area contributed by atoms with Crippen molar-refractivity contribution in [1.29, 1.82) is 0 Å². The van der Waals surface area contributed by atoms with Gasteiger partial charge in [-0.3, -0.25) is 4.79 Å². The van der Waals surface area contributed by atoms with Gasteiger partial charge in [0.25, 0.3) is 5.91 Å². The molecule has 1 unspecified atom stereocenters. The molecule has 1 atom stereocenters. The van der Waals surface area contributed by atoms with Crippen molar-refractivity contribution in [2.45, 2.75) is 19.9 Å². The van der Waals surface area contributed by atoms with Gasteiger partial charge in [0.05, 0.1) is 11.4 Å². The predicted molar refractivity (Wildman–Crippen MR) is 99.8 cm³/mol. The first-order valence-corrected chi connectivity index (χ1v) is 8.62. The van der Waals surface area contributed by atoms with Crippen molar-refractivity contribution in [2.75, 3.05) is 22.9 Å². The minimum absolute atomic E-state index is 0.0754. The summed E-state index contributed by atoms with van der Waals surface area (Å²) in [5, 5.41) is 0. The van der Waals surface area contributed by atoms with E-state index in [0.717, 1.165) is 33.6 Å². The van der Waals surface area contributed by atoms with Crippen LogP contribution >= 0.6 is 22.6 Å². The Hall–Kier alpha value is -1.56. The summed E-state index contributed by atoms with van der Waals surface area (Å²) >= 11 is 2.25. The van der Waals surface area contributed by atoms with Crippen molar-refractivity contribution < 1.29 is 4.79 Å². The second-order valence-electron chi connectivity index (χ2n) is 5.55. The lowest BCUT2D eigenvalue weighted by Crippen LogP contribution is -2.49. The number of anilines is 2. The number of para-hydroxylation sites is 2. The average molecular weight is 406 g/mol. The van der Waals surface area contributed by atoms with Crippen LogP contribution in [-0.2, 0) is 0 Å². The number of likely N-dealkylation sites (N-methyl/N-ethyl adjacent to an activating group) is 1. The molecule has 1 aliphatic rings. The molecule has 0 aliphatic carbocycles. The van der Waals surface area contributed by atoms with Gasteiger partial charge in [-0.2, -0.15) is 0 Å². The summed E-state index contributed by atoms with van der Waals surface area (Å²) in [5.74, 6) is 0.0754. The van der Waals surface area contributed by atoms with Crippen molar-refractivity contribution in [1.82, 2.24) is 0 Å². The third-order valence-electron chi connectivity index (χ3n) is 4.14. The molecule has 114 valence electrons. The summed E-state index contributed by atoms with van der Waals surface area (Å²) in [6.07, 6.45) is 0. The molecule has 0 N–H and O–H groups in total. The Labute approximate surface area is 145 Å². The lowest BCUT2D eigenvalue weighted by Gasteiger charge is -2.42. The number of rotatable bonds is 2. The van der Waals surface area contributed by atoms with Crippen LogP contribution in [-0.4, -0.2) is 25.0 Å². The number of hydrogen-bond donors (Lipinski definition) is 0. The smallest absolute Gasteiger partial charge is 0.258 e. The molecule has 22 heavy (non-hydrogen) atoms. The van der Waals surface area contributed by atoms with E-state index in [1.54, 1.807) is 0 Å². The Morgan fingerprint density at radius 3 is 2.41 bits per heavy atom. The van der Waals surface area contributed by atoms with Crippen molar-refractivity contribution in [3.8, 4) is 0 Å². The van der Waals surface area contributed by atoms with Gasteiger partial charge >= 0.3 is 0 Å². The Morgan fingerprint density at radius 1 is 1.14 bits per heavy atom. The molecule has 2 aromatic carbocycles. The quantitative estimate of drug-likeness (QED) is 0.700. The largest absolute Gasteiger partial charge is 0.366 e. The van der Waals surface area contributed by atoms with Gasteiger partial charge in [0.15, 0.2) is 0 Å². The summed E-state index contributed by atoms with van der Waals surface area (Å²) in [5.41, 5.74) is 2.89. The fourth-order valence-corrected chi connectivity index (χ4v) is 3.42. The Kier molecular flexibility index (Phi) is 4.38. The molecule has 3 nitrogen and oxygen atoms in total. The minimum atomic E-state index is 0.0754. The van der Waals surface area contributed by atoms with Crippen LogP contribution in [0.15, 0.2) is 48.5 Å². The van der Waals surface area contributed by atoms with E-state index >= 15 is 0 Å². The van der Waals surface area contributed by atoms with Crippen LogP contribution in [0.2, 0.25) is 0 Å². The van der Waals surface area contributed by atoms with Gasteiger partial charge in [0, 0.05) is 28.3 Å². The Balaban J connectivity index is 2.00. The fraction of sp³-hybridized carbons (Fsp3) is 0.278. The van der Waals surface area contributed by atoms with Crippen LogP contribution in [0.3, 0.4) is 0 Å². The predicted octanol–water partition coefficient (Wildman–Crippen LogP) is 4.17. The fourth-order valence-electron chi connectivity index (χ4n) is 3.06. The minimum Gasteiger partial charge on any atom is -0.366 e. The number of hydrogen-bond acceptors (Lipinski definition) is 2. The van der Waals surface area contributed by atoms with Crippen LogP contribution in [0.1, 0.15) is 24.2 Å². The summed E-state index contributed by atoms with van der Waals surface area (Å²) in [6.45, 7) is 6.00. The van der Waals surface area contributed by atoms with E-state index in [-0.39, 0.29) is 5.91 Å². The van der Waals surface area contributed by atoms with E-state index in [0.29, 0.717) is 6.04 Å². The number of benzene rings is 2. The van der Waals surface area contributed by atoms with E-state index in [9.17, 15) is 4.79 Å². The summed E-state index contributed by atoms with van der Waals surface area (Å²) in [7, 11) is 0. The van der Waals surface area contributed by atoms with Gasteiger partial charge in [0.1, 0.15) is 0 Å². The lowest BCUT2D eigenvalue weighted by molar-refractivity contribution is 0.0984. The third-order valence-corrected chi connectivity index (χ3v) is 4.86. The molecule has 1 heterocycles. The number of amides is 1. The summed E-state index contributed by atoms with van der Waals surface area (Å²) in [4.78, 5) is 17.2. The number of carbonyl (C=O) groups is 1. The van der Waals surface area contributed by atoms with Crippen LogP contribution < -0.4 is 9.80 Å². The molecule has 0 bridgehead atoms. The first kappa shape index (κ1) is 15.3. The van der Waals surface area contributed by atoms with Crippen LogP contribution in [0.4, 0.5) is 11.4 Å². The molecule has 4 heteroatoms. The van der Waals surface area contributed by atoms with Crippen LogP contribution in [0.5, 0.6) is 0 Å². The van der Waals surface area contributed by atoms with Crippen molar-refractivity contribution in [3.63, 3.8) is 0 Å². The average Bonchev–Trinajstić information content (AvgIpc) is 2.54. The van der Waals surface area contributed by atoms with E-state index < -0.39 is 0 Å². The van der Waals surface area contributed by atoms with Crippen LogP contribution in [0, 0.1) is 3.57 Å². The number of carbonyl (C=O) groups excluding carboxylic acids is 1. The van der Waals surface area contributed by atoms with Crippen molar-refractivity contribution >= 4 is 39.9 Å². The standard InChI is InChI=1S/C18H19IN2O/c1-3-20-13(2)12-21(17-7-5-4-6-16(17)20)18(22)14-8-10-15(19)11-9-14/h4-11,13H,3,12H2,1-2H3. The topological polar surface area (TPSA) is 23.6 Å². The second-order valence-corrected chi connectivity index (χ2v) is 6.79. The van der Waals surface area contributed by atoms with Gasteiger partial charge in [-0.1, -0.05) is 12.1 Å². The molecule has 0 radical (unpaired) electrons. The zero-order valence-electron chi connectivity index (χ0n) is 12.8. The normalized spacial score (nSPS) is 17.3. The molecule has 0 spiro atoms. The lowest BCUT2D eigenvalue weighted by atomic mass is 10.1. The number of halogens is 1. The van der Waals surface area contributed by atoms with E-state index in [2.05, 4.69) is 47.4 Å². The maximum atomic E-state index is 12.9. The monoisotopic (exact) mass is 406 g/mol. The van der Waals surface area contributed by atoms with Crippen molar-refractivity contribution in [3.05, 3.63) is 57.7 Å². The highest BCUT2D eigenvalue weighted by atomic mass is 127. The molecule has 0 fully saturated rings. The maximum Gasteiger partial charge on any atom is 0.258 e. The van der Waals surface area contributed by atoms with E-state index in [4.69, 9.17) is 0 Å². The molecule has 1 aliphatic heterocycles. The van der Waals surface area contributed by atoms with Gasteiger partial charge < -0.3 is 9.80 Å². The molecule has 2 aromatic rings. The molecule has 1 amide bonds. The molecule has 0 saturated heterocycles. The molecule has 3 rings (SSSR count). The van der Waals surface area contributed by atoms with Gasteiger partial charge in [-0.15, -0.1) is 0 Å². The van der Waals surface area contributed by atoms with Gasteiger partial charge in [-0.25, -0.2) is 0 Å². The van der Waals surface area contributed by atoms with Crippen LogP contribution in [0.25, 0.3) is 0 Å². The van der Waals surface area contributed by atoms with Gasteiger partial charge in [-0.05, 0) is 72.8 Å². The Bertz CT molecular complexity index is 684. The first-order valence-electron chi connectivity index (χ1n) is 7.55. The van der Waals surface area contributed by atoms with E-state index in [1.807, 2.05) is 47.4 Å². The molecule has 0 saturated carbocycles. The van der Waals surface area contributed by atoms with E-state index in [1.165, 1.54) is 0 Å². The first-order chi connectivity index (χ1) is 10.6. The Morgan fingerprint density at radius 2 is 1.77 bits per heavy atom. The second kappa shape index (κ2) is 6.28. The SMILES string of the molecule is CCN1c2ccccc2N(C(=O)c2ccc(I)cc2)CC1C. The molecular weight excluding hydrogens is 387 g/mol. The summed E-state index contributed by atoms with van der Waals surface area (Å²) in [6, 6.07) is 16.2. The van der Waals surface area contributed by atoms with Crippen molar-refractivity contribution in [2.24, 2.45) is 0 Å². The molecular formula is C18H19IN2O. The zero-order valence-corrected chi connectivity index (χ0v) is 14.9. The highest BCUT2D eigenvalue weighted by molar-refractivity contribution is 14.1. The molecule has 0 aromatic heterocycles. The number of fused-ring (bicyclic) bond motifs is 1. The maximum absolute atomic E-state index is 12.9. The zero-order chi connectivity index (χ0) is 15.7. The number of nitrogens with zero attached hydrogens (tertiary/aromatic N) is 2. The summed E-state index contributed by atoms with van der Waals surface area (Å²) < 4.78 is 1.14. The third kappa shape index (κ3) is 2.72. The highest BCUT2D eigenvalue weighted by Crippen LogP contribution is 2.35. The highest BCUT2D eigenvalue weighted by Gasteiger charge is 2.30. The van der Waals surface area contributed by atoms with Gasteiger partial charge in [0.2, 0.25) is 0 Å².